The second kappa shape index (κ2) is 7.19. The van der Waals surface area contributed by atoms with E-state index in [4.69, 9.17) is 18.9 Å². The van der Waals surface area contributed by atoms with Gasteiger partial charge in [-0.25, -0.2) is 4.39 Å². The number of aliphatic hydroxyl groups excluding tert-OH is 1. The molecule has 23 heavy (non-hydrogen) atoms. The van der Waals surface area contributed by atoms with Crippen molar-refractivity contribution in [3.8, 4) is 23.0 Å². The van der Waals surface area contributed by atoms with Crippen LogP contribution < -0.4 is 18.9 Å². The molecule has 6 heteroatoms. The smallest absolute Gasteiger partial charge is 0.203 e. The van der Waals surface area contributed by atoms with Crippen molar-refractivity contribution in [2.24, 2.45) is 0 Å². The average molecular weight is 320 g/mol. The number of rotatable bonds is 6. The zero-order valence-corrected chi connectivity index (χ0v) is 12.4. The van der Waals surface area contributed by atoms with Crippen molar-refractivity contribution in [3.63, 3.8) is 0 Å². The first kappa shape index (κ1) is 15.4. The molecule has 1 N–H and O–H groups in total. The third kappa shape index (κ3) is 4.04. The Bertz CT molecular complexity index is 644. The van der Waals surface area contributed by atoms with E-state index in [2.05, 4.69) is 0 Å². The summed E-state index contributed by atoms with van der Waals surface area (Å²) in [6, 6.07) is 10.9. The molecule has 0 saturated heterocycles. The Labute approximate surface area is 133 Å². The van der Waals surface area contributed by atoms with Crippen LogP contribution in [0, 0.1) is 5.82 Å². The molecule has 2 aromatic rings. The minimum absolute atomic E-state index is 0.0397. The van der Waals surface area contributed by atoms with Crippen LogP contribution in [0.2, 0.25) is 0 Å². The van der Waals surface area contributed by atoms with Crippen molar-refractivity contribution in [1.29, 1.82) is 0 Å². The van der Waals surface area contributed by atoms with Crippen LogP contribution in [0.4, 0.5) is 4.39 Å². The summed E-state index contributed by atoms with van der Waals surface area (Å²) in [6.45, 7) is 1.05. The molecule has 5 nitrogen and oxygen atoms in total. The van der Waals surface area contributed by atoms with Crippen molar-refractivity contribution in [2.45, 2.75) is 6.10 Å². The monoisotopic (exact) mass is 320 g/mol. The minimum atomic E-state index is -0.833. The molecule has 122 valence electrons. The first-order valence-electron chi connectivity index (χ1n) is 7.30. The van der Waals surface area contributed by atoms with E-state index in [1.54, 1.807) is 18.2 Å². The quantitative estimate of drug-likeness (QED) is 0.886. The maximum atomic E-state index is 12.8. The fraction of sp³-hybridized carbons (Fsp3) is 0.294. The second-order valence-electron chi connectivity index (χ2n) is 5.01. The highest BCUT2D eigenvalue weighted by molar-refractivity contribution is 5.51. The first-order chi connectivity index (χ1) is 11.2. The van der Waals surface area contributed by atoms with Gasteiger partial charge in [-0.05, 0) is 36.4 Å². The number of benzene rings is 2. The minimum Gasteiger partial charge on any atom is -0.491 e. The van der Waals surface area contributed by atoms with Crippen molar-refractivity contribution in [3.05, 3.63) is 48.3 Å². The van der Waals surface area contributed by atoms with Crippen LogP contribution >= 0.6 is 0 Å². The summed E-state index contributed by atoms with van der Waals surface area (Å²) < 4.78 is 34.7. The van der Waals surface area contributed by atoms with E-state index in [-0.39, 0.29) is 19.0 Å². The lowest BCUT2D eigenvalue weighted by atomic mass is 10.3. The molecule has 0 bridgehead atoms. The Morgan fingerprint density at radius 2 is 1.74 bits per heavy atom. The average Bonchev–Trinajstić information content (AvgIpc) is 2.59. The van der Waals surface area contributed by atoms with Gasteiger partial charge in [-0.15, -0.1) is 0 Å². The maximum absolute atomic E-state index is 12.8. The number of halogens is 1. The fourth-order valence-electron chi connectivity index (χ4n) is 2.12. The van der Waals surface area contributed by atoms with Gasteiger partial charge in [0.2, 0.25) is 5.75 Å². The predicted octanol–water partition coefficient (Wildman–Crippen LogP) is 2.42. The van der Waals surface area contributed by atoms with Crippen molar-refractivity contribution in [1.82, 2.24) is 0 Å². The molecule has 0 aliphatic carbocycles. The first-order valence-corrected chi connectivity index (χ1v) is 7.30. The van der Waals surface area contributed by atoms with E-state index >= 15 is 0 Å². The Balaban J connectivity index is 1.51. The molecular formula is C17H17FO5. The number of hydrogen-bond acceptors (Lipinski definition) is 5. The summed E-state index contributed by atoms with van der Waals surface area (Å²) in [5, 5.41) is 9.93. The molecule has 1 aliphatic heterocycles. The van der Waals surface area contributed by atoms with E-state index in [0.29, 0.717) is 36.2 Å². The van der Waals surface area contributed by atoms with Crippen LogP contribution in [0.15, 0.2) is 42.5 Å². The summed E-state index contributed by atoms with van der Waals surface area (Å²) in [5.41, 5.74) is 0. The molecular weight excluding hydrogens is 303 g/mol. The Morgan fingerprint density at radius 3 is 2.57 bits per heavy atom. The van der Waals surface area contributed by atoms with E-state index in [0.717, 1.165) is 0 Å². The standard InChI is InChI=1S/C17H17FO5/c18-12-4-6-14(7-5-12)22-10-13(19)11-23-16-3-1-2-15-17(16)21-9-8-20-15/h1-7,13,19H,8-11H2. The van der Waals surface area contributed by atoms with Gasteiger partial charge in [0.1, 0.15) is 44.1 Å². The number of aliphatic hydroxyl groups is 1. The van der Waals surface area contributed by atoms with Crippen LogP contribution in [-0.4, -0.2) is 37.6 Å². The molecule has 0 aromatic heterocycles. The summed E-state index contributed by atoms with van der Waals surface area (Å²) in [4.78, 5) is 0. The molecule has 1 unspecified atom stereocenters. The molecule has 0 saturated carbocycles. The molecule has 0 radical (unpaired) electrons. The Morgan fingerprint density at radius 1 is 1.00 bits per heavy atom. The lowest BCUT2D eigenvalue weighted by Gasteiger charge is -2.21. The van der Waals surface area contributed by atoms with Gasteiger partial charge in [-0.2, -0.15) is 0 Å². The van der Waals surface area contributed by atoms with Crippen LogP contribution in [-0.2, 0) is 0 Å². The number of ether oxygens (including phenoxy) is 4. The molecule has 1 atom stereocenters. The van der Waals surface area contributed by atoms with Crippen molar-refractivity contribution < 1.29 is 28.4 Å². The highest BCUT2D eigenvalue weighted by atomic mass is 19.1. The van der Waals surface area contributed by atoms with Crippen molar-refractivity contribution >= 4 is 0 Å². The van der Waals surface area contributed by atoms with Gasteiger partial charge in [0.15, 0.2) is 11.5 Å². The highest BCUT2D eigenvalue weighted by Crippen LogP contribution is 2.38. The Hall–Kier alpha value is -2.47. The second-order valence-corrected chi connectivity index (χ2v) is 5.01. The zero-order valence-electron chi connectivity index (χ0n) is 12.4. The SMILES string of the molecule is OC(COc1ccc(F)cc1)COc1cccc2c1OCCO2. The van der Waals surface area contributed by atoms with Gasteiger partial charge in [-0.3, -0.25) is 0 Å². The molecule has 0 amide bonds. The number of hydrogen-bond donors (Lipinski definition) is 1. The summed E-state index contributed by atoms with van der Waals surface area (Å²) in [6.07, 6.45) is -0.833. The number of para-hydroxylation sites is 1. The van der Waals surface area contributed by atoms with Crippen LogP contribution in [0.25, 0.3) is 0 Å². The van der Waals surface area contributed by atoms with Gasteiger partial charge in [0.25, 0.3) is 0 Å². The zero-order chi connectivity index (χ0) is 16.1. The molecule has 2 aromatic carbocycles. The summed E-state index contributed by atoms with van der Waals surface area (Å²) in [7, 11) is 0. The van der Waals surface area contributed by atoms with Crippen molar-refractivity contribution in [2.75, 3.05) is 26.4 Å². The predicted molar refractivity (Wildman–Crippen MR) is 80.8 cm³/mol. The van der Waals surface area contributed by atoms with Crippen LogP contribution in [0.5, 0.6) is 23.0 Å². The van der Waals surface area contributed by atoms with Gasteiger partial charge in [-0.1, -0.05) is 6.07 Å². The third-order valence-corrected chi connectivity index (χ3v) is 3.22. The van der Waals surface area contributed by atoms with E-state index in [9.17, 15) is 9.50 Å². The summed E-state index contributed by atoms with van der Waals surface area (Å²) in [5.74, 6) is 1.84. The van der Waals surface area contributed by atoms with Gasteiger partial charge in [0, 0.05) is 0 Å². The fourth-order valence-corrected chi connectivity index (χ4v) is 2.12. The van der Waals surface area contributed by atoms with Gasteiger partial charge in [0.05, 0.1) is 0 Å². The Kier molecular flexibility index (Phi) is 4.83. The summed E-state index contributed by atoms with van der Waals surface area (Å²) >= 11 is 0. The van der Waals surface area contributed by atoms with Crippen LogP contribution in [0.3, 0.4) is 0 Å². The highest BCUT2D eigenvalue weighted by Gasteiger charge is 2.17. The largest absolute Gasteiger partial charge is 0.491 e. The van der Waals surface area contributed by atoms with Gasteiger partial charge < -0.3 is 24.1 Å². The molecule has 3 rings (SSSR count). The third-order valence-electron chi connectivity index (χ3n) is 3.22. The lowest BCUT2D eigenvalue weighted by molar-refractivity contribution is 0.0600. The van der Waals surface area contributed by atoms with E-state index in [1.165, 1.54) is 24.3 Å². The lowest BCUT2D eigenvalue weighted by Crippen LogP contribution is -2.25. The molecule has 0 spiro atoms. The van der Waals surface area contributed by atoms with Crippen LogP contribution in [0.1, 0.15) is 0 Å². The number of fused-ring (bicyclic) bond motifs is 1. The van der Waals surface area contributed by atoms with E-state index < -0.39 is 6.10 Å². The normalized spacial score (nSPS) is 14.2. The van der Waals surface area contributed by atoms with Gasteiger partial charge >= 0.3 is 0 Å². The topological polar surface area (TPSA) is 57.2 Å². The molecule has 1 heterocycles. The maximum Gasteiger partial charge on any atom is 0.203 e. The molecule has 1 aliphatic rings. The molecule has 0 fully saturated rings. The van der Waals surface area contributed by atoms with E-state index in [1.807, 2.05) is 0 Å².